The van der Waals surface area contributed by atoms with Gasteiger partial charge in [-0.3, -0.25) is 0 Å². The minimum absolute atomic E-state index is 0.113. The minimum Gasteiger partial charge on any atom is -0.388 e. The number of thioether (sulfide) groups is 1. The fourth-order valence-electron chi connectivity index (χ4n) is 4.18. The summed E-state index contributed by atoms with van der Waals surface area (Å²) in [5.74, 6) is 1.27. The first-order valence-electron chi connectivity index (χ1n) is 11.1. The number of hydrogen-bond acceptors (Lipinski definition) is 4. The molecule has 5 nitrogen and oxygen atoms in total. The number of aliphatic hydroxyl groups excluding tert-OH is 1. The molecule has 176 valence electrons. The third kappa shape index (κ3) is 6.78. The van der Waals surface area contributed by atoms with Crippen molar-refractivity contribution in [2.45, 2.75) is 49.7 Å². The van der Waals surface area contributed by atoms with Crippen molar-refractivity contribution >= 4 is 22.8 Å². The Labute approximate surface area is 203 Å². The Bertz CT molecular complexity index is 1060. The summed E-state index contributed by atoms with van der Waals surface area (Å²) in [7, 11) is 0. The summed E-state index contributed by atoms with van der Waals surface area (Å²) in [6.07, 6.45) is 0.358. The molecule has 4 atom stereocenters. The highest BCUT2D eigenvalue weighted by atomic mass is 32.2. The van der Waals surface area contributed by atoms with E-state index in [1.165, 1.54) is 0 Å². The molecule has 0 radical (unpaired) electrons. The molecule has 0 saturated carbocycles. The quantitative estimate of drug-likeness (QED) is 0.242. The number of ether oxygens (including phenoxy) is 1. The second-order valence-corrected chi connectivity index (χ2v) is 10.9. The van der Waals surface area contributed by atoms with Crippen LogP contribution < -0.4 is 0 Å². The van der Waals surface area contributed by atoms with E-state index < -0.39 is 17.2 Å². The molecule has 0 amide bonds. The van der Waals surface area contributed by atoms with E-state index in [2.05, 4.69) is 4.85 Å². The van der Waals surface area contributed by atoms with Crippen LogP contribution in [0.3, 0.4) is 0 Å². The Morgan fingerprint density at radius 2 is 2.00 bits per heavy atom. The van der Waals surface area contributed by atoms with Gasteiger partial charge in [0.25, 0.3) is 0 Å². The molecule has 0 aromatic heterocycles. The molecule has 3 rings (SSSR count). The van der Waals surface area contributed by atoms with Gasteiger partial charge in [0.15, 0.2) is 16.8 Å². The summed E-state index contributed by atoms with van der Waals surface area (Å²) < 4.78 is 26.5. The van der Waals surface area contributed by atoms with Gasteiger partial charge < -0.3 is 14.4 Å². The van der Waals surface area contributed by atoms with Crippen molar-refractivity contribution in [3.63, 3.8) is 0 Å². The minimum atomic E-state index is -2.01. The van der Waals surface area contributed by atoms with Crippen molar-refractivity contribution < 1.29 is 18.6 Å². The summed E-state index contributed by atoms with van der Waals surface area (Å²) in [6, 6.07) is 15.0. The maximum Gasteiger partial charge on any atom is 0.186 e. The molecule has 0 heterocycles. The summed E-state index contributed by atoms with van der Waals surface area (Å²) in [4.78, 5) is 5.29. The zero-order valence-electron chi connectivity index (χ0n) is 19.2. The van der Waals surface area contributed by atoms with Crippen molar-refractivity contribution in [1.82, 2.24) is 0 Å². The van der Waals surface area contributed by atoms with E-state index in [4.69, 9.17) is 11.3 Å². The molecule has 1 aliphatic carbocycles. The molecular formula is C26H31NO4S2. The second-order valence-electron chi connectivity index (χ2n) is 8.83. The van der Waals surface area contributed by atoms with E-state index >= 15 is 0 Å². The van der Waals surface area contributed by atoms with Crippen LogP contribution in [-0.2, 0) is 22.4 Å². The maximum atomic E-state index is 11.3. The van der Waals surface area contributed by atoms with Gasteiger partial charge in [-0.2, -0.15) is 0 Å². The summed E-state index contributed by atoms with van der Waals surface area (Å²) in [5.41, 5.74) is 3.75. The molecule has 7 heteroatoms. The first-order valence-corrected chi connectivity index (χ1v) is 13.1. The van der Waals surface area contributed by atoms with Crippen LogP contribution in [-0.4, -0.2) is 26.2 Å². The van der Waals surface area contributed by atoms with Gasteiger partial charge in [-0.05, 0) is 59.4 Å². The van der Waals surface area contributed by atoms with Gasteiger partial charge in [0.05, 0.1) is 24.2 Å². The second kappa shape index (κ2) is 12.0. The van der Waals surface area contributed by atoms with Crippen LogP contribution in [0.15, 0.2) is 69.6 Å². The lowest BCUT2D eigenvalue weighted by Gasteiger charge is -2.21. The Balaban J connectivity index is 1.63. The maximum absolute atomic E-state index is 11.3. The summed E-state index contributed by atoms with van der Waals surface area (Å²) >= 11 is -0.291. The van der Waals surface area contributed by atoms with Gasteiger partial charge in [0, 0.05) is 17.4 Å². The van der Waals surface area contributed by atoms with Gasteiger partial charge in [0.2, 0.25) is 0 Å². The summed E-state index contributed by atoms with van der Waals surface area (Å²) in [6.45, 7) is 14.6. The molecule has 0 bridgehead atoms. The van der Waals surface area contributed by atoms with Gasteiger partial charge in [0.1, 0.15) is 0 Å². The Morgan fingerprint density at radius 3 is 2.70 bits per heavy atom. The highest BCUT2D eigenvalue weighted by Gasteiger charge is 2.34. The van der Waals surface area contributed by atoms with Crippen molar-refractivity contribution in [3.05, 3.63) is 82.3 Å². The highest BCUT2D eigenvalue weighted by Crippen LogP contribution is 2.41. The van der Waals surface area contributed by atoms with Crippen LogP contribution in [0.25, 0.3) is 4.85 Å². The van der Waals surface area contributed by atoms with Crippen LogP contribution in [0.2, 0.25) is 0 Å². The van der Waals surface area contributed by atoms with Gasteiger partial charge in [-0.25, -0.2) is 9.05 Å². The van der Waals surface area contributed by atoms with E-state index in [-0.39, 0.29) is 17.8 Å². The zero-order valence-corrected chi connectivity index (χ0v) is 20.9. The SMILES string of the molecule is [C-]#[N+]C1=C(C)C[C@H](COCc2cccc(S(=O)O)c2)[C@H]1CSc1cccc(C(O)C(C)C)c1. The standard InChI is InChI=1S/C26H31NO4S2/c1-17(2)26(28)20-8-6-9-22(13-20)32-16-24-21(11-18(3)25(24)27-4)15-31-14-19-7-5-10-23(12-19)33(29)30/h5-10,12-13,17,21,24,26,28H,11,14-16H2,1-3H3,(H,29,30)/t21-,24-,26?/m1/s1. The first-order chi connectivity index (χ1) is 15.8. The lowest BCUT2D eigenvalue weighted by Crippen LogP contribution is -2.19. The molecule has 2 unspecified atom stereocenters. The van der Waals surface area contributed by atoms with Crippen molar-refractivity contribution in [1.29, 1.82) is 0 Å². The molecular weight excluding hydrogens is 454 g/mol. The lowest BCUT2D eigenvalue weighted by molar-refractivity contribution is 0.0791. The monoisotopic (exact) mass is 485 g/mol. The Kier molecular flexibility index (Phi) is 9.30. The fraction of sp³-hybridized carbons (Fsp3) is 0.423. The lowest BCUT2D eigenvalue weighted by atomic mass is 9.96. The first kappa shape index (κ1) is 25.7. The third-order valence-corrected chi connectivity index (χ3v) is 7.78. The van der Waals surface area contributed by atoms with Crippen molar-refractivity contribution in [2.75, 3.05) is 12.4 Å². The number of hydrogen-bond donors (Lipinski definition) is 2. The number of allylic oxidation sites excluding steroid dienone is 2. The average molecular weight is 486 g/mol. The average Bonchev–Trinajstić information content (AvgIpc) is 3.11. The van der Waals surface area contributed by atoms with Crippen LogP contribution in [0, 0.1) is 24.3 Å². The van der Waals surface area contributed by atoms with Crippen molar-refractivity contribution in [3.8, 4) is 0 Å². The van der Waals surface area contributed by atoms with Crippen LogP contribution >= 0.6 is 11.8 Å². The zero-order chi connectivity index (χ0) is 24.0. The third-order valence-electron chi connectivity index (χ3n) is 6.01. The molecule has 0 spiro atoms. The smallest absolute Gasteiger partial charge is 0.186 e. The molecule has 0 saturated heterocycles. The summed E-state index contributed by atoms with van der Waals surface area (Å²) in [5, 5.41) is 10.4. The molecule has 2 aromatic rings. The molecule has 2 N–H and O–H groups in total. The Hall–Kier alpha value is -1.95. The van der Waals surface area contributed by atoms with Gasteiger partial charge >= 0.3 is 0 Å². The number of benzene rings is 2. The highest BCUT2D eigenvalue weighted by molar-refractivity contribution is 7.99. The van der Waals surface area contributed by atoms with Crippen molar-refractivity contribution in [2.24, 2.45) is 17.8 Å². The largest absolute Gasteiger partial charge is 0.388 e. The van der Waals surface area contributed by atoms with E-state index in [0.717, 1.165) is 39.5 Å². The predicted octanol–water partition coefficient (Wildman–Crippen LogP) is 6.09. The fourth-order valence-corrected chi connectivity index (χ4v) is 5.82. The van der Waals surface area contributed by atoms with E-state index in [9.17, 15) is 13.9 Å². The van der Waals surface area contributed by atoms with Crippen LogP contribution in [0.5, 0.6) is 0 Å². The number of nitrogens with zero attached hydrogens (tertiary/aromatic N) is 1. The number of rotatable bonds is 10. The van der Waals surface area contributed by atoms with Gasteiger partial charge in [-0.15, -0.1) is 11.8 Å². The van der Waals surface area contributed by atoms with E-state index in [0.29, 0.717) is 18.1 Å². The normalized spacial score (nSPS) is 20.2. The molecule has 2 aromatic carbocycles. The molecule has 1 aliphatic rings. The van der Waals surface area contributed by atoms with Crippen LogP contribution in [0.1, 0.15) is 44.4 Å². The molecule has 33 heavy (non-hydrogen) atoms. The Morgan fingerprint density at radius 1 is 1.24 bits per heavy atom. The molecule has 0 fully saturated rings. The predicted molar refractivity (Wildman–Crippen MR) is 133 cm³/mol. The van der Waals surface area contributed by atoms with Crippen LogP contribution in [0.4, 0.5) is 0 Å². The topological polar surface area (TPSA) is 71.1 Å². The van der Waals surface area contributed by atoms with Gasteiger partial charge in [-0.1, -0.05) is 50.6 Å². The number of aliphatic hydroxyl groups is 1. The van der Waals surface area contributed by atoms with E-state index in [1.54, 1.807) is 30.0 Å². The molecule has 0 aliphatic heterocycles. The van der Waals surface area contributed by atoms with E-state index in [1.807, 2.05) is 51.1 Å².